The van der Waals surface area contributed by atoms with E-state index in [1.165, 1.54) is 24.3 Å². The third-order valence-corrected chi connectivity index (χ3v) is 3.12. The molecule has 2 N–H and O–H groups in total. The average molecular weight is 294 g/mol. The molecule has 2 aromatic carbocycles. The first kappa shape index (κ1) is 14.3. The molecule has 2 rings (SSSR count). The lowest BCUT2D eigenvalue weighted by atomic mass is 10.1. The lowest BCUT2D eigenvalue weighted by molar-refractivity contribution is 0.0469. The third-order valence-electron chi connectivity index (χ3n) is 2.88. The van der Waals surface area contributed by atoms with Crippen molar-refractivity contribution in [1.82, 2.24) is 0 Å². The largest absolute Gasteiger partial charge is 0.457 e. The second kappa shape index (κ2) is 5.92. The fourth-order valence-corrected chi connectivity index (χ4v) is 1.84. The summed E-state index contributed by atoms with van der Waals surface area (Å²) < 4.78 is 18.5. The molecular formula is C15H13ClFNO2. The minimum absolute atomic E-state index is 0.182. The highest BCUT2D eigenvalue weighted by molar-refractivity contribution is 6.30. The fourth-order valence-electron chi connectivity index (χ4n) is 1.65. The number of halogens is 2. The summed E-state index contributed by atoms with van der Waals surface area (Å²) in [6.07, 6.45) is 0. The van der Waals surface area contributed by atoms with Gasteiger partial charge in [0.25, 0.3) is 0 Å². The molecule has 2 aromatic rings. The molecule has 0 aromatic heterocycles. The van der Waals surface area contributed by atoms with Crippen LogP contribution >= 0.6 is 11.6 Å². The molecule has 0 aliphatic heterocycles. The van der Waals surface area contributed by atoms with Gasteiger partial charge in [0, 0.05) is 16.3 Å². The molecule has 20 heavy (non-hydrogen) atoms. The van der Waals surface area contributed by atoms with Crippen LogP contribution in [0.15, 0.2) is 36.4 Å². The van der Waals surface area contributed by atoms with Crippen LogP contribution in [-0.4, -0.2) is 5.97 Å². The summed E-state index contributed by atoms with van der Waals surface area (Å²) in [5.41, 5.74) is 7.67. The predicted molar refractivity (Wildman–Crippen MR) is 76.1 cm³/mol. The Kier molecular flexibility index (Phi) is 4.25. The SMILES string of the molecule is Cc1ccc(C(=O)OCc2cc(Cl)ccc2F)cc1N. The van der Waals surface area contributed by atoms with Gasteiger partial charge in [0.15, 0.2) is 0 Å². The lowest BCUT2D eigenvalue weighted by Gasteiger charge is -2.08. The van der Waals surface area contributed by atoms with Gasteiger partial charge in [0.2, 0.25) is 0 Å². The topological polar surface area (TPSA) is 52.3 Å². The van der Waals surface area contributed by atoms with Crippen LogP contribution in [0.3, 0.4) is 0 Å². The van der Waals surface area contributed by atoms with E-state index in [0.717, 1.165) is 5.56 Å². The van der Waals surface area contributed by atoms with Crippen LogP contribution in [0.25, 0.3) is 0 Å². The van der Waals surface area contributed by atoms with E-state index in [1.54, 1.807) is 12.1 Å². The molecule has 0 amide bonds. The van der Waals surface area contributed by atoms with Crippen molar-refractivity contribution >= 4 is 23.3 Å². The van der Waals surface area contributed by atoms with E-state index in [-0.39, 0.29) is 12.2 Å². The van der Waals surface area contributed by atoms with Crippen molar-refractivity contribution < 1.29 is 13.9 Å². The molecule has 0 fully saturated rings. The van der Waals surface area contributed by atoms with Gasteiger partial charge in [-0.25, -0.2) is 9.18 Å². The Labute approximate surface area is 121 Å². The van der Waals surface area contributed by atoms with Gasteiger partial charge in [0.1, 0.15) is 12.4 Å². The zero-order valence-electron chi connectivity index (χ0n) is 10.8. The molecule has 0 radical (unpaired) electrons. The maximum atomic E-state index is 13.5. The van der Waals surface area contributed by atoms with Gasteiger partial charge >= 0.3 is 5.97 Å². The number of anilines is 1. The molecule has 0 saturated carbocycles. The average Bonchev–Trinajstić information content (AvgIpc) is 2.42. The van der Waals surface area contributed by atoms with E-state index >= 15 is 0 Å². The van der Waals surface area contributed by atoms with Gasteiger partial charge in [-0.05, 0) is 42.8 Å². The Morgan fingerprint density at radius 1 is 1.30 bits per heavy atom. The molecule has 0 spiro atoms. The number of nitrogens with two attached hydrogens (primary N) is 1. The van der Waals surface area contributed by atoms with E-state index < -0.39 is 11.8 Å². The smallest absolute Gasteiger partial charge is 0.338 e. The van der Waals surface area contributed by atoms with E-state index in [0.29, 0.717) is 16.3 Å². The summed E-state index contributed by atoms with van der Waals surface area (Å²) in [6, 6.07) is 8.96. The van der Waals surface area contributed by atoms with Gasteiger partial charge in [-0.3, -0.25) is 0 Å². The van der Waals surface area contributed by atoms with Crippen LogP contribution in [0.4, 0.5) is 10.1 Å². The first-order valence-electron chi connectivity index (χ1n) is 5.94. The van der Waals surface area contributed by atoms with E-state index in [9.17, 15) is 9.18 Å². The zero-order valence-corrected chi connectivity index (χ0v) is 11.6. The Morgan fingerprint density at radius 3 is 2.75 bits per heavy atom. The third kappa shape index (κ3) is 3.27. The number of esters is 1. The van der Waals surface area contributed by atoms with E-state index in [4.69, 9.17) is 22.1 Å². The molecule has 3 nitrogen and oxygen atoms in total. The fraction of sp³-hybridized carbons (Fsp3) is 0.133. The standard InChI is InChI=1S/C15H13ClFNO2/c1-9-2-3-10(7-14(9)18)15(19)20-8-11-6-12(16)4-5-13(11)17/h2-7H,8,18H2,1H3. The van der Waals surface area contributed by atoms with Crippen LogP contribution in [-0.2, 0) is 11.3 Å². The van der Waals surface area contributed by atoms with Gasteiger partial charge < -0.3 is 10.5 Å². The molecular weight excluding hydrogens is 281 g/mol. The summed E-state index contributed by atoms with van der Waals surface area (Å²) in [5.74, 6) is -1.03. The van der Waals surface area contributed by atoms with Crippen molar-refractivity contribution in [2.45, 2.75) is 13.5 Å². The van der Waals surface area contributed by atoms with Crippen LogP contribution in [0.1, 0.15) is 21.5 Å². The minimum Gasteiger partial charge on any atom is -0.457 e. The quantitative estimate of drug-likeness (QED) is 0.693. The maximum absolute atomic E-state index is 13.5. The van der Waals surface area contributed by atoms with Crippen molar-refractivity contribution in [2.24, 2.45) is 0 Å². The number of benzene rings is 2. The number of nitrogen functional groups attached to an aromatic ring is 1. The molecule has 0 heterocycles. The zero-order chi connectivity index (χ0) is 14.7. The molecule has 0 unspecified atom stereocenters. The Balaban J connectivity index is 2.08. The number of carbonyl (C=O) groups excluding carboxylic acids is 1. The van der Waals surface area contributed by atoms with Gasteiger partial charge in [-0.1, -0.05) is 17.7 Å². The Bertz CT molecular complexity index is 658. The van der Waals surface area contributed by atoms with Gasteiger partial charge in [-0.2, -0.15) is 0 Å². The lowest BCUT2D eigenvalue weighted by Crippen LogP contribution is -2.07. The summed E-state index contributed by atoms with van der Waals surface area (Å²) in [7, 11) is 0. The number of ether oxygens (including phenoxy) is 1. The first-order valence-corrected chi connectivity index (χ1v) is 6.32. The molecule has 5 heteroatoms. The van der Waals surface area contributed by atoms with Crippen LogP contribution < -0.4 is 5.73 Å². The van der Waals surface area contributed by atoms with Crippen molar-refractivity contribution in [3.05, 3.63) is 63.9 Å². The number of hydrogen-bond acceptors (Lipinski definition) is 3. The number of carbonyl (C=O) groups is 1. The normalized spacial score (nSPS) is 10.3. The van der Waals surface area contributed by atoms with Crippen molar-refractivity contribution in [1.29, 1.82) is 0 Å². The molecule has 0 aliphatic rings. The molecule has 104 valence electrons. The van der Waals surface area contributed by atoms with Crippen LogP contribution in [0.2, 0.25) is 5.02 Å². The van der Waals surface area contributed by atoms with Crippen molar-refractivity contribution in [3.63, 3.8) is 0 Å². The number of rotatable bonds is 3. The van der Waals surface area contributed by atoms with E-state index in [1.807, 2.05) is 6.92 Å². The highest BCUT2D eigenvalue weighted by atomic mass is 35.5. The maximum Gasteiger partial charge on any atom is 0.338 e. The van der Waals surface area contributed by atoms with Crippen molar-refractivity contribution in [2.75, 3.05) is 5.73 Å². The summed E-state index contributed by atoms with van der Waals surface area (Å²) >= 11 is 5.76. The van der Waals surface area contributed by atoms with E-state index in [2.05, 4.69) is 0 Å². The second-order valence-corrected chi connectivity index (χ2v) is 4.82. The van der Waals surface area contributed by atoms with Gasteiger partial charge in [-0.15, -0.1) is 0 Å². The van der Waals surface area contributed by atoms with Crippen LogP contribution in [0.5, 0.6) is 0 Å². The Morgan fingerprint density at radius 2 is 2.05 bits per heavy atom. The summed E-state index contributed by atoms with van der Waals surface area (Å²) in [6.45, 7) is 1.66. The highest BCUT2D eigenvalue weighted by Gasteiger charge is 2.11. The van der Waals surface area contributed by atoms with Crippen molar-refractivity contribution in [3.8, 4) is 0 Å². The predicted octanol–water partition coefficient (Wildman–Crippen LogP) is 3.73. The van der Waals surface area contributed by atoms with Gasteiger partial charge in [0.05, 0.1) is 5.56 Å². The van der Waals surface area contributed by atoms with Crippen LogP contribution in [0, 0.1) is 12.7 Å². The molecule has 0 aliphatic carbocycles. The monoisotopic (exact) mass is 293 g/mol. The first-order chi connectivity index (χ1) is 9.47. The highest BCUT2D eigenvalue weighted by Crippen LogP contribution is 2.17. The number of hydrogen-bond donors (Lipinski definition) is 1. The molecule has 0 atom stereocenters. The summed E-state index contributed by atoms with van der Waals surface area (Å²) in [5, 5.41) is 0.386. The number of aryl methyl sites for hydroxylation is 1. The second-order valence-electron chi connectivity index (χ2n) is 4.38. The summed E-state index contributed by atoms with van der Waals surface area (Å²) in [4.78, 5) is 11.8. The Hall–Kier alpha value is -2.07. The molecule has 0 bridgehead atoms. The minimum atomic E-state index is -0.559. The molecule has 0 saturated heterocycles.